The van der Waals surface area contributed by atoms with E-state index in [0.29, 0.717) is 17.2 Å². The third-order valence-corrected chi connectivity index (χ3v) is 4.67. The van der Waals surface area contributed by atoms with E-state index >= 15 is 0 Å². The van der Waals surface area contributed by atoms with Crippen molar-refractivity contribution in [3.05, 3.63) is 54.1 Å². The number of carbonyl (C=O) groups excluding carboxylic acids is 3. The molecule has 0 saturated heterocycles. The molecule has 8 nitrogen and oxygen atoms in total. The summed E-state index contributed by atoms with van der Waals surface area (Å²) in [5.74, 6) is 0.0466. The number of hydrogen-bond acceptors (Lipinski definition) is 6. The molecule has 0 saturated carbocycles. The molecule has 3 rings (SSSR count). The molecule has 2 aromatic carbocycles. The molecule has 0 spiro atoms. The molecular formula is C22H24N2O6. The van der Waals surface area contributed by atoms with Crippen LogP contribution in [0.3, 0.4) is 0 Å². The fourth-order valence-electron chi connectivity index (χ4n) is 3.09. The molecule has 8 heteroatoms. The molecule has 30 heavy (non-hydrogen) atoms. The minimum Gasteiger partial charge on any atom is -0.496 e. The Bertz CT molecular complexity index is 929. The van der Waals surface area contributed by atoms with Crippen LogP contribution >= 0.6 is 0 Å². The van der Waals surface area contributed by atoms with Crippen LogP contribution in [0.25, 0.3) is 0 Å². The zero-order valence-corrected chi connectivity index (χ0v) is 16.9. The maximum atomic E-state index is 12.3. The minimum absolute atomic E-state index is 0.0375. The fourth-order valence-corrected chi connectivity index (χ4v) is 3.09. The van der Waals surface area contributed by atoms with Crippen molar-refractivity contribution in [2.24, 2.45) is 0 Å². The van der Waals surface area contributed by atoms with E-state index < -0.39 is 18.0 Å². The lowest BCUT2D eigenvalue weighted by Crippen LogP contribution is -2.41. The molecule has 1 unspecified atom stereocenters. The Hall–Kier alpha value is -3.55. The van der Waals surface area contributed by atoms with E-state index in [0.717, 1.165) is 5.56 Å². The van der Waals surface area contributed by atoms with Gasteiger partial charge >= 0.3 is 5.97 Å². The molecule has 1 atom stereocenters. The first-order valence-corrected chi connectivity index (χ1v) is 9.61. The average molecular weight is 412 g/mol. The molecule has 158 valence electrons. The molecule has 0 aliphatic carbocycles. The van der Waals surface area contributed by atoms with E-state index in [1.165, 1.54) is 11.8 Å². The highest BCUT2D eigenvalue weighted by molar-refractivity contribution is 5.98. The number of para-hydroxylation sites is 3. The summed E-state index contributed by atoms with van der Waals surface area (Å²) in [6, 6.07) is 14.5. The van der Waals surface area contributed by atoms with E-state index in [1.54, 1.807) is 31.4 Å². The van der Waals surface area contributed by atoms with Crippen LogP contribution in [0.4, 0.5) is 5.69 Å². The number of rotatable bonds is 8. The number of nitrogens with zero attached hydrogens (tertiary/aromatic N) is 1. The highest BCUT2D eigenvalue weighted by atomic mass is 16.5. The van der Waals surface area contributed by atoms with Crippen LogP contribution in [0.1, 0.15) is 18.9 Å². The van der Waals surface area contributed by atoms with Gasteiger partial charge in [0, 0.05) is 18.7 Å². The number of amides is 2. The van der Waals surface area contributed by atoms with Crippen LogP contribution in [0.2, 0.25) is 0 Å². The Morgan fingerprint density at radius 1 is 1.17 bits per heavy atom. The smallest absolute Gasteiger partial charge is 0.308 e. The van der Waals surface area contributed by atoms with Gasteiger partial charge in [0.1, 0.15) is 11.5 Å². The van der Waals surface area contributed by atoms with Gasteiger partial charge in [-0.15, -0.1) is 0 Å². The topological polar surface area (TPSA) is 94.2 Å². The molecule has 1 aliphatic rings. The van der Waals surface area contributed by atoms with Crippen LogP contribution in [0, 0.1) is 0 Å². The van der Waals surface area contributed by atoms with Crippen molar-refractivity contribution in [3.63, 3.8) is 0 Å². The summed E-state index contributed by atoms with van der Waals surface area (Å²) in [4.78, 5) is 38.1. The van der Waals surface area contributed by atoms with Gasteiger partial charge in [0.2, 0.25) is 0 Å². The first kappa shape index (κ1) is 21.2. The van der Waals surface area contributed by atoms with Crippen molar-refractivity contribution >= 4 is 23.5 Å². The van der Waals surface area contributed by atoms with Gasteiger partial charge in [-0.3, -0.25) is 14.4 Å². The van der Waals surface area contributed by atoms with Gasteiger partial charge in [-0.25, -0.2) is 0 Å². The Morgan fingerprint density at radius 3 is 2.70 bits per heavy atom. The van der Waals surface area contributed by atoms with Crippen LogP contribution in [-0.2, 0) is 25.7 Å². The summed E-state index contributed by atoms with van der Waals surface area (Å²) in [6.45, 7) is 1.83. The van der Waals surface area contributed by atoms with Crippen molar-refractivity contribution in [1.82, 2.24) is 5.32 Å². The van der Waals surface area contributed by atoms with Crippen molar-refractivity contribution in [2.75, 3.05) is 25.2 Å². The quantitative estimate of drug-likeness (QED) is 0.667. The van der Waals surface area contributed by atoms with Gasteiger partial charge in [0.05, 0.1) is 19.2 Å². The molecule has 2 amide bonds. The summed E-state index contributed by atoms with van der Waals surface area (Å²) < 4.78 is 15.8. The van der Waals surface area contributed by atoms with Crippen LogP contribution in [0.5, 0.6) is 11.5 Å². The molecule has 0 aromatic heterocycles. The van der Waals surface area contributed by atoms with E-state index in [4.69, 9.17) is 14.2 Å². The standard InChI is InChI=1S/C22H24N2O6/c1-15(22(27)23-13-16-7-3-5-9-18(16)28-2)30-21(26)11-12-24-17-8-4-6-10-19(17)29-14-20(24)25/h3-10,15H,11-14H2,1-2H3,(H,23,27). The summed E-state index contributed by atoms with van der Waals surface area (Å²) >= 11 is 0. The van der Waals surface area contributed by atoms with Gasteiger partial charge in [0.15, 0.2) is 12.7 Å². The molecular weight excluding hydrogens is 388 g/mol. The first-order valence-electron chi connectivity index (χ1n) is 9.61. The fraction of sp³-hybridized carbons (Fsp3) is 0.318. The predicted molar refractivity (Wildman–Crippen MR) is 109 cm³/mol. The maximum Gasteiger partial charge on any atom is 0.308 e. The Labute approximate surface area is 174 Å². The summed E-state index contributed by atoms with van der Waals surface area (Å²) in [5.41, 5.74) is 1.43. The molecule has 0 fully saturated rings. The van der Waals surface area contributed by atoms with E-state index in [2.05, 4.69) is 5.32 Å². The van der Waals surface area contributed by atoms with Crippen LogP contribution < -0.4 is 19.7 Å². The zero-order valence-electron chi connectivity index (χ0n) is 16.9. The van der Waals surface area contributed by atoms with E-state index in [1.807, 2.05) is 24.3 Å². The molecule has 2 aromatic rings. The van der Waals surface area contributed by atoms with Gasteiger partial charge < -0.3 is 24.4 Å². The second-order valence-electron chi connectivity index (χ2n) is 6.71. The maximum absolute atomic E-state index is 12.3. The highest BCUT2D eigenvalue weighted by Gasteiger charge is 2.26. The van der Waals surface area contributed by atoms with Crippen LogP contribution in [-0.4, -0.2) is 44.1 Å². The third-order valence-electron chi connectivity index (χ3n) is 4.67. The minimum atomic E-state index is -0.958. The lowest BCUT2D eigenvalue weighted by molar-refractivity contribution is -0.154. The number of fused-ring (bicyclic) bond motifs is 1. The molecule has 0 bridgehead atoms. The second kappa shape index (κ2) is 9.78. The summed E-state index contributed by atoms with van der Waals surface area (Å²) in [7, 11) is 1.56. The van der Waals surface area contributed by atoms with Gasteiger partial charge in [-0.1, -0.05) is 30.3 Å². The number of hydrogen-bond donors (Lipinski definition) is 1. The number of ether oxygens (including phenoxy) is 3. The Morgan fingerprint density at radius 2 is 1.90 bits per heavy atom. The number of anilines is 1. The average Bonchev–Trinajstić information content (AvgIpc) is 2.76. The number of methoxy groups -OCH3 is 1. The lowest BCUT2D eigenvalue weighted by Gasteiger charge is -2.29. The Balaban J connectivity index is 1.49. The monoisotopic (exact) mass is 412 g/mol. The van der Waals surface area contributed by atoms with Crippen LogP contribution in [0.15, 0.2) is 48.5 Å². The predicted octanol–water partition coefficient (Wildman–Crippen LogP) is 2.06. The number of benzene rings is 2. The largest absolute Gasteiger partial charge is 0.496 e. The Kier molecular flexibility index (Phi) is 6.90. The van der Waals surface area contributed by atoms with E-state index in [-0.39, 0.29) is 32.0 Å². The highest BCUT2D eigenvalue weighted by Crippen LogP contribution is 2.31. The first-order chi connectivity index (χ1) is 14.5. The second-order valence-corrected chi connectivity index (χ2v) is 6.71. The van der Waals surface area contributed by atoms with Crippen molar-refractivity contribution in [1.29, 1.82) is 0 Å². The zero-order chi connectivity index (χ0) is 21.5. The third kappa shape index (κ3) is 5.08. The van der Waals surface area contributed by atoms with Gasteiger partial charge in [-0.05, 0) is 25.1 Å². The molecule has 1 heterocycles. The van der Waals surface area contributed by atoms with Crippen molar-refractivity contribution < 1.29 is 28.6 Å². The molecule has 0 radical (unpaired) electrons. The number of carbonyl (C=O) groups is 3. The summed E-state index contributed by atoms with van der Waals surface area (Å²) in [5, 5.41) is 2.73. The van der Waals surface area contributed by atoms with Gasteiger partial charge in [0.25, 0.3) is 11.8 Å². The normalized spacial score (nSPS) is 13.7. The van der Waals surface area contributed by atoms with Crippen molar-refractivity contribution in [3.8, 4) is 11.5 Å². The summed E-state index contributed by atoms with van der Waals surface area (Å²) in [6.07, 6.45) is -0.996. The SMILES string of the molecule is COc1ccccc1CNC(=O)C(C)OC(=O)CCN1C(=O)COc2ccccc21. The van der Waals surface area contributed by atoms with Gasteiger partial charge in [-0.2, -0.15) is 0 Å². The van der Waals surface area contributed by atoms with E-state index in [9.17, 15) is 14.4 Å². The number of esters is 1. The van der Waals surface area contributed by atoms with Crippen molar-refractivity contribution in [2.45, 2.75) is 26.0 Å². The molecule has 1 aliphatic heterocycles. The number of nitrogens with one attached hydrogen (secondary N) is 1. The molecule has 1 N–H and O–H groups in total. The lowest BCUT2D eigenvalue weighted by atomic mass is 10.2.